The van der Waals surface area contributed by atoms with Gasteiger partial charge in [0.2, 0.25) is 11.5 Å². The second kappa shape index (κ2) is 10.7. The van der Waals surface area contributed by atoms with Crippen molar-refractivity contribution >= 4 is 0 Å². The van der Waals surface area contributed by atoms with Crippen LogP contribution >= 0.6 is 0 Å². The van der Waals surface area contributed by atoms with Crippen molar-refractivity contribution < 1.29 is 18.3 Å². The fraction of sp³-hybridized carbons (Fsp3) is 0. The lowest BCUT2D eigenvalue weighted by atomic mass is 10.0. The molecule has 0 aliphatic rings. The minimum absolute atomic E-state index is 0.215. The van der Waals surface area contributed by atoms with Gasteiger partial charge >= 0.3 is 0 Å². The molecule has 5 aromatic rings. The van der Waals surface area contributed by atoms with Gasteiger partial charge in [-0.2, -0.15) is 10.5 Å². The molecule has 0 amide bonds. The van der Waals surface area contributed by atoms with E-state index in [1.54, 1.807) is 60.7 Å². The van der Waals surface area contributed by atoms with Gasteiger partial charge in [0.15, 0.2) is 11.6 Å². The summed E-state index contributed by atoms with van der Waals surface area (Å²) in [5.74, 6) is -3.23. The van der Waals surface area contributed by atoms with Crippen molar-refractivity contribution in [2.75, 3.05) is 0 Å². The lowest BCUT2D eigenvalue weighted by Crippen LogP contribution is -2.04. The van der Waals surface area contributed by atoms with Crippen molar-refractivity contribution in [2.24, 2.45) is 0 Å². The molecule has 182 valence electrons. The number of hydrogen-bond donors (Lipinski definition) is 0. The van der Waals surface area contributed by atoms with Crippen LogP contribution in [0, 0.1) is 34.3 Å². The predicted octanol–water partition coefficient (Wildman–Crippen LogP) is 8.63. The van der Waals surface area contributed by atoms with Gasteiger partial charge < -0.3 is 9.47 Å². The van der Waals surface area contributed by atoms with Crippen LogP contribution in [-0.2, 0) is 0 Å². The summed E-state index contributed by atoms with van der Waals surface area (Å²) in [6.45, 7) is 0. The Kier molecular flexibility index (Phi) is 6.80. The first-order valence-corrected chi connectivity index (χ1v) is 11.6. The highest BCUT2D eigenvalue weighted by Crippen LogP contribution is 2.46. The lowest BCUT2D eigenvalue weighted by molar-refractivity contribution is 0.374. The van der Waals surface area contributed by atoms with Crippen molar-refractivity contribution in [3.63, 3.8) is 0 Å². The Morgan fingerprint density at radius 3 is 1.18 bits per heavy atom. The second-order valence-corrected chi connectivity index (χ2v) is 8.19. The lowest BCUT2D eigenvalue weighted by Gasteiger charge is -2.19. The molecule has 0 unspecified atom stereocenters. The van der Waals surface area contributed by atoms with Gasteiger partial charge in [-0.25, -0.2) is 8.78 Å². The number of rotatable bonds is 6. The van der Waals surface area contributed by atoms with E-state index in [-0.39, 0.29) is 11.5 Å². The molecule has 0 spiro atoms. The van der Waals surface area contributed by atoms with Gasteiger partial charge in [0.1, 0.15) is 34.8 Å². The number of halogens is 2. The fourth-order valence-corrected chi connectivity index (χ4v) is 4.08. The predicted molar refractivity (Wildman–Crippen MR) is 140 cm³/mol. The Morgan fingerprint density at radius 2 is 0.816 bits per heavy atom. The molecular formula is C32H18F2N2O2. The average molecular weight is 501 g/mol. The molecule has 4 nitrogen and oxygen atoms in total. The normalized spacial score (nSPS) is 10.3. The van der Waals surface area contributed by atoms with Gasteiger partial charge in [0, 0.05) is 11.1 Å². The summed E-state index contributed by atoms with van der Waals surface area (Å²) >= 11 is 0. The van der Waals surface area contributed by atoms with E-state index in [1.165, 1.54) is 0 Å². The van der Waals surface area contributed by atoms with Crippen molar-refractivity contribution in [3.8, 4) is 57.4 Å². The van der Waals surface area contributed by atoms with Gasteiger partial charge in [-0.05, 0) is 23.3 Å². The summed E-state index contributed by atoms with van der Waals surface area (Å²) in [6, 6.07) is 35.4. The number of nitrogens with zero attached hydrogens (tertiary/aromatic N) is 2. The fourth-order valence-electron chi connectivity index (χ4n) is 4.08. The van der Waals surface area contributed by atoms with Gasteiger partial charge in [-0.1, -0.05) is 97.1 Å². The Bertz CT molecular complexity index is 1580. The molecule has 0 aliphatic heterocycles. The number of ether oxygens (including phenoxy) is 2. The number of para-hydroxylation sites is 2. The number of benzene rings is 5. The molecule has 5 aromatic carbocycles. The van der Waals surface area contributed by atoms with Crippen LogP contribution in [0.2, 0.25) is 0 Å². The van der Waals surface area contributed by atoms with E-state index in [2.05, 4.69) is 0 Å². The molecular weight excluding hydrogens is 482 g/mol. The molecule has 0 aliphatic carbocycles. The van der Waals surface area contributed by atoms with Crippen molar-refractivity contribution in [1.82, 2.24) is 0 Å². The maximum absolute atomic E-state index is 15.8. The zero-order valence-electron chi connectivity index (χ0n) is 19.9. The Hall–Kier alpha value is -5.46. The smallest absolute Gasteiger partial charge is 0.210 e. The van der Waals surface area contributed by atoms with Crippen LogP contribution in [0.1, 0.15) is 11.1 Å². The quantitative estimate of drug-likeness (QED) is 0.234. The summed E-state index contributed by atoms with van der Waals surface area (Å²) in [4.78, 5) is 0. The van der Waals surface area contributed by atoms with Crippen LogP contribution in [0.15, 0.2) is 109 Å². The van der Waals surface area contributed by atoms with E-state index >= 15 is 8.78 Å². The van der Waals surface area contributed by atoms with Crippen LogP contribution in [0.25, 0.3) is 22.3 Å². The maximum Gasteiger partial charge on any atom is 0.210 e. The first kappa shape index (κ1) is 24.2. The summed E-state index contributed by atoms with van der Waals surface area (Å²) < 4.78 is 43.5. The van der Waals surface area contributed by atoms with Gasteiger partial charge in [-0.15, -0.1) is 0 Å². The summed E-state index contributed by atoms with van der Waals surface area (Å²) in [5.41, 5.74) is 1.28. The summed E-state index contributed by atoms with van der Waals surface area (Å²) in [5, 5.41) is 19.1. The monoisotopic (exact) mass is 500 g/mol. The molecule has 0 bridgehead atoms. The largest absolute Gasteiger partial charge is 0.449 e. The maximum atomic E-state index is 15.8. The first-order valence-electron chi connectivity index (χ1n) is 11.6. The zero-order valence-corrected chi connectivity index (χ0v) is 19.9. The van der Waals surface area contributed by atoms with E-state index in [0.717, 1.165) is 11.1 Å². The van der Waals surface area contributed by atoms with Crippen LogP contribution in [0.5, 0.6) is 23.0 Å². The van der Waals surface area contributed by atoms with Gasteiger partial charge in [0.25, 0.3) is 0 Å². The SMILES string of the molecule is N#Cc1c(F)c(Oc2ccccc2-c2ccccc2)c(Oc2ccccc2-c2ccccc2)c(F)c1C#N. The molecule has 5 rings (SSSR count). The minimum Gasteiger partial charge on any atom is -0.449 e. The zero-order chi connectivity index (χ0) is 26.5. The van der Waals surface area contributed by atoms with Crippen molar-refractivity contribution in [3.05, 3.63) is 132 Å². The average Bonchev–Trinajstić information content (AvgIpc) is 2.97. The number of nitriles is 2. The third-order valence-electron chi connectivity index (χ3n) is 5.89. The van der Waals surface area contributed by atoms with E-state index in [0.29, 0.717) is 11.1 Å². The van der Waals surface area contributed by atoms with E-state index in [4.69, 9.17) is 9.47 Å². The Morgan fingerprint density at radius 1 is 0.474 bits per heavy atom. The molecule has 0 N–H and O–H groups in total. The number of hydrogen-bond acceptors (Lipinski definition) is 4. The van der Waals surface area contributed by atoms with E-state index < -0.39 is 34.3 Å². The highest BCUT2D eigenvalue weighted by molar-refractivity contribution is 5.73. The van der Waals surface area contributed by atoms with Crippen LogP contribution < -0.4 is 9.47 Å². The topological polar surface area (TPSA) is 66.0 Å². The van der Waals surface area contributed by atoms with Crippen molar-refractivity contribution in [2.45, 2.75) is 0 Å². The third-order valence-corrected chi connectivity index (χ3v) is 5.89. The molecule has 0 saturated carbocycles. The molecule has 0 radical (unpaired) electrons. The molecule has 0 atom stereocenters. The molecule has 0 heterocycles. The highest BCUT2D eigenvalue weighted by atomic mass is 19.1. The molecule has 6 heteroatoms. The highest BCUT2D eigenvalue weighted by Gasteiger charge is 2.29. The van der Waals surface area contributed by atoms with Gasteiger partial charge in [0.05, 0.1) is 0 Å². The third kappa shape index (κ3) is 4.55. The minimum atomic E-state index is -1.19. The van der Waals surface area contributed by atoms with Crippen LogP contribution in [0.3, 0.4) is 0 Å². The molecule has 38 heavy (non-hydrogen) atoms. The summed E-state index contributed by atoms with van der Waals surface area (Å²) in [6.07, 6.45) is 0. The van der Waals surface area contributed by atoms with Crippen molar-refractivity contribution in [1.29, 1.82) is 10.5 Å². The molecule has 0 saturated heterocycles. The van der Waals surface area contributed by atoms with Gasteiger partial charge in [-0.3, -0.25) is 0 Å². The Labute approximate surface area is 218 Å². The first-order chi connectivity index (χ1) is 18.6. The molecule has 0 aromatic heterocycles. The van der Waals surface area contributed by atoms with Crippen LogP contribution in [-0.4, -0.2) is 0 Å². The standard InChI is InChI=1S/C32H18F2N2O2/c33-29-25(19-35)26(20-36)30(34)32(38-28-18-10-8-16-24(28)22-13-5-2-6-14-22)31(29)37-27-17-9-7-15-23(27)21-11-3-1-4-12-21/h1-18H. The Balaban J connectivity index is 1.69. The van der Waals surface area contributed by atoms with Crippen LogP contribution in [0.4, 0.5) is 8.78 Å². The second-order valence-electron chi connectivity index (χ2n) is 8.19. The van der Waals surface area contributed by atoms with E-state index in [9.17, 15) is 10.5 Å². The van der Waals surface area contributed by atoms with E-state index in [1.807, 2.05) is 60.7 Å². The summed E-state index contributed by atoms with van der Waals surface area (Å²) in [7, 11) is 0. The molecule has 0 fully saturated rings.